The highest BCUT2D eigenvalue weighted by Gasteiger charge is 2.25. The van der Waals surface area contributed by atoms with Crippen LogP contribution in [-0.2, 0) is 16.6 Å². The van der Waals surface area contributed by atoms with Crippen LogP contribution >= 0.6 is 23.2 Å². The van der Waals surface area contributed by atoms with Crippen molar-refractivity contribution in [3.63, 3.8) is 0 Å². The molecule has 0 saturated heterocycles. The highest BCUT2D eigenvalue weighted by molar-refractivity contribution is 7.89. The van der Waals surface area contributed by atoms with E-state index in [1.165, 1.54) is 37.2 Å². The largest absolute Gasteiger partial charge is 0.302 e. The summed E-state index contributed by atoms with van der Waals surface area (Å²) in [7, 11) is -0.884. The molecular formula is C21H19Cl2N3O3S. The van der Waals surface area contributed by atoms with E-state index in [2.05, 4.69) is 4.98 Å². The van der Waals surface area contributed by atoms with Gasteiger partial charge in [-0.15, -0.1) is 0 Å². The molecule has 0 atom stereocenters. The summed E-state index contributed by atoms with van der Waals surface area (Å²) in [4.78, 5) is 19.2. The molecule has 1 heterocycles. The number of anilines is 1. The summed E-state index contributed by atoms with van der Waals surface area (Å²) in [6.07, 6.45) is 1.64. The third-order valence-corrected chi connectivity index (χ3v) is 6.77. The van der Waals surface area contributed by atoms with Gasteiger partial charge in [0.15, 0.2) is 0 Å². The predicted molar refractivity (Wildman–Crippen MR) is 119 cm³/mol. The van der Waals surface area contributed by atoms with Crippen molar-refractivity contribution < 1.29 is 13.2 Å². The Hall–Kier alpha value is -2.45. The van der Waals surface area contributed by atoms with Gasteiger partial charge in [0.2, 0.25) is 10.0 Å². The van der Waals surface area contributed by atoms with Crippen LogP contribution in [0.4, 0.5) is 5.69 Å². The number of aromatic nitrogens is 1. The second kappa shape index (κ2) is 9.14. The molecule has 30 heavy (non-hydrogen) atoms. The van der Waals surface area contributed by atoms with Gasteiger partial charge in [-0.1, -0.05) is 29.3 Å². The second-order valence-corrected chi connectivity index (χ2v) is 9.61. The third kappa shape index (κ3) is 4.82. The molecule has 1 amide bonds. The number of benzene rings is 2. The first-order valence-electron chi connectivity index (χ1n) is 8.89. The van der Waals surface area contributed by atoms with E-state index in [9.17, 15) is 13.2 Å². The molecule has 156 valence electrons. The van der Waals surface area contributed by atoms with Crippen molar-refractivity contribution in [3.8, 4) is 0 Å². The van der Waals surface area contributed by atoms with E-state index in [4.69, 9.17) is 23.2 Å². The first-order chi connectivity index (χ1) is 14.2. The zero-order valence-electron chi connectivity index (χ0n) is 16.3. The van der Waals surface area contributed by atoms with Crippen molar-refractivity contribution >= 4 is 44.8 Å². The summed E-state index contributed by atoms with van der Waals surface area (Å²) in [5.74, 6) is -0.455. The van der Waals surface area contributed by atoms with Crippen LogP contribution in [0.15, 0.2) is 71.8 Å². The summed E-state index contributed by atoms with van der Waals surface area (Å²) in [5, 5.41) is 0.679. The summed E-state index contributed by atoms with van der Waals surface area (Å²) >= 11 is 12.3. The number of rotatable bonds is 6. The lowest BCUT2D eigenvalue weighted by Crippen LogP contribution is -2.31. The Balaban J connectivity index is 2.07. The van der Waals surface area contributed by atoms with Gasteiger partial charge >= 0.3 is 0 Å². The molecule has 0 bridgehead atoms. The smallest absolute Gasteiger partial charge is 0.260 e. The van der Waals surface area contributed by atoms with Gasteiger partial charge in [-0.05, 0) is 54.6 Å². The van der Waals surface area contributed by atoms with Gasteiger partial charge in [-0.3, -0.25) is 9.78 Å². The Morgan fingerprint density at radius 1 is 1.00 bits per heavy atom. The number of hydrogen-bond donors (Lipinski definition) is 0. The molecule has 0 spiro atoms. The fourth-order valence-electron chi connectivity index (χ4n) is 2.74. The first kappa shape index (κ1) is 22.2. The number of halogens is 2. The Morgan fingerprint density at radius 2 is 1.70 bits per heavy atom. The molecule has 0 fully saturated rings. The van der Waals surface area contributed by atoms with Crippen LogP contribution in [-0.4, -0.2) is 37.7 Å². The predicted octanol–water partition coefficient (Wildman–Crippen LogP) is 4.49. The number of amides is 1. The lowest BCUT2D eigenvalue weighted by molar-refractivity contribution is 0.0984. The monoisotopic (exact) mass is 463 g/mol. The molecule has 3 aromatic rings. The van der Waals surface area contributed by atoms with E-state index in [-0.39, 0.29) is 22.0 Å². The molecule has 6 nitrogen and oxygen atoms in total. The maximum absolute atomic E-state index is 13.5. The van der Waals surface area contributed by atoms with E-state index >= 15 is 0 Å². The number of sulfonamides is 1. The molecule has 1 aromatic heterocycles. The lowest BCUT2D eigenvalue weighted by Gasteiger charge is -2.24. The molecule has 0 saturated carbocycles. The van der Waals surface area contributed by atoms with Crippen molar-refractivity contribution in [2.24, 2.45) is 0 Å². The van der Waals surface area contributed by atoms with Crippen LogP contribution in [0.5, 0.6) is 0 Å². The standard InChI is InChI=1S/C21H19Cl2N3O3S/c1-25(2)30(28,29)18-10-11-20(23)19(13-18)21(27)26(14-16-5-3-4-12-24-16)17-8-6-15(22)7-9-17/h3-13H,14H2,1-2H3. The fourth-order valence-corrected chi connectivity index (χ4v) is 3.99. The van der Waals surface area contributed by atoms with E-state index < -0.39 is 15.9 Å². The summed E-state index contributed by atoms with van der Waals surface area (Å²) < 4.78 is 26.1. The van der Waals surface area contributed by atoms with Gasteiger partial charge in [0.25, 0.3) is 5.91 Å². The third-order valence-electron chi connectivity index (χ3n) is 4.38. The number of carbonyl (C=O) groups is 1. The molecular weight excluding hydrogens is 445 g/mol. The SMILES string of the molecule is CN(C)S(=O)(=O)c1ccc(Cl)c(C(=O)N(Cc2ccccn2)c2ccc(Cl)cc2)c1. The molecule has 9 heteroatoms. The first-order valence-corrected chi connectivity index (χ1v) is 11.1. The number of nitrogens with zero attached hydrogens (tertiary/aromatic N) is 3. The molecule has 0 aliphatic carbocycles. The van der Waals surface area contributed by atoms with Crippen molar-refractivity contribution in [1.82, 2.24) is 9.29 Å². The lowest BCUT2D eigenvalue weighted by atomic mass is 10.1. The second-order valence-electron chi connectivity index (χ2n) is 6.62. The molecule has 0 N–H and O–H groups in total. The molecule has 0 aliphatic rings. The minimum absolute atomic E-state index is 0.0193. The zero-order valence-corrected chi connectivity index (χ0v) is 18.6. The summed E-state index contributed by atoms with van der Waals surface area (Å²) in [5.41, 5.74) is 1.31. The minimum atomic E-state index is -3.73. The zero-order chi connectivity index (χ0) is 21.9. The number of hydrogen-bond acceptors (Lipinski definition) is 4. The van der Waals surface area contributed by atoms with Gasteiger partial charge in [0.1, 0.15) is 0 Å². The number of carbonyl (C=O) groups excluding carboxylic acids is 1. The Labute approximate surface area is 185 Å². The van der Waals surface area contributed by atoms with Crippen LogP contribution in [0.3, 0.4) is 0 Å². The van der Waals surface area contributed by atoms with Gasteiger partial charge in [-0.2, -0.15) is 0 Å². The molecule has 0 aliphatic heterocycles. The van der Waals surface area contributed by atoms with Gasteiger partial charge in [0.05, 0.1) is 27.7 Å². The summed E-state index contributed by atoms with van der Waals surface area (Å²) in [6, 6.07) is 16.2. The molecule has 3 rings (SSSR count). The highest BCUT2D eigenvalue weighted by atomic mass is 35.5. The van der Waals surface area contributed by atoms with Crippen molar-refractivity contribution in [2.75, 3.05) is 19.0 Å². The minimum Gasteiger partial charge on any atom is -0.302 e. The average Bonchev–Trinajstić information content (AvgIpc) is 2.73. The molecule has 0 radical (unpaired) electrons. The van der Waals surface area contributed by atoms with Crippen LogP contribution in [0, 0.1) is 0 Å². The van der Waals surface area contributed by atoms with Crippen molar-refractivity contribution in [2.45, 2.75) is 11.4 Å². The van der Waals surface area contributed by atoms with Gasteiger partial charge in [0, 0.05) is 31.0 Å². The maximum atomic E-state index is 13.5. The van der Waals surface area contributed by atoms with Gasteiger partial charge < -0.3 is 4.90 Å². The van der Waals surface area contributed by atoms with E-state index in [1.807, 2.05) is 6.07 Å². The highest BCUT2D eigenvalue weighted by Crippen LogP contribution is 2.27. The maximum Gasteiger partial charge on any atom is 0.260 e. The van der Waals surface area contributed by atoms with Gasteiger partial charge in [-0.25, -0.2) is 12.7 Å². The molecule has 2 aromatic carbocycles. The van der Waals surface area contributed by atoms with Crippen LogP contribution in [0.1, 0.15) is 16.1 Å². The summed E-state index contributed by atoms with van der Waals surface area (Å²) in [6.45, 7) is 0.169. The quantitative estimate of drug-likeness (QED) is 0.539. The van der Waals surface area contributed by atoms with E-state index in [0.717, 1.165) is 4.31 Å². The van der Waals surface area contributed by atoms with E-state index in [0.29, 0.717) is 16.4 Å². The van der Waals surface area contributed by atoms with Crippen LogP contribution < -0.4 is 4.90 Å². The molecule has 0 unspecified atom stereocenters. The Kier molecular flexibility index (Phi) is 6.77. The van der Waals surface area contributed by atoms with Crippen molar-refractivity contribution in [3.05, 3.63) is 88.2 Å². The Morgan fingerprint density at radius 3 is 2.30 bits per heavy atom. The van der Waals surface area contributed by atoms with E-state index in [1.54, 1.807) is 42.6 Å². The van der Waals surface area contributed by atoms with Crippen molar-refractivity contribution in [1.29, 1.82) is 0 Å². The van der Waals surface area contributed by atoms with Crippen LogP contribution in [0.2, 0.25) is 10.0 Å². The topological polar surface area (TPSA) is 70.6 Å². The fraction of sp³-hybridized carbons (Fsp3) is 0.143. The van der Waals surface area contributed by atoms with Crippen LogP contribution in [0.25, 0.3) is 0 Å². The normalized spacial score (nSPS) is 11.5. The average molecular weight is 464 g/mol. The Bertz CT molecular complexity index is 1150. The number of pyridine rings is 1.